The Labute approximate surface area is 149 Å². The second-order valence-electron chi connectivity index (χ2n) is 6.28. The molecule has 0 saturated heterocycles. The van der Waals surface area contributed by atoms with Gasteiger partial charge < -0.3 is 4.74 Å². The lowest BCUT2D eigenvalue weighted by molar-refractivity contribution is -0.143. The quantitative estimate of drug-likeness (QED) is 0.650. The molecule has 3 rings (SSSR count). The lowest BCUT2D eigenvalue weighted by Gasteiger charge is -2.20. The van der Waals surface area contributed by atoms with Crippen molar-refractivity contribution < 1.29 is 9.53 Å². The first-order valence-corrected chi connectivity index (χ1v) is 8.93. The number of ether oxygens (including phenoxy) is 1. The Balaban J connectivity index is 1.77. The molecule has 0 spiro atoms. The normalized spacial score (nSPS) is 16.3. The minimum atomic E-state index is -0.116. The Morgan fingerprint density at radius 1 is 0.960 bits per heavy atom. The van der Waals surface area contributed by atoms with E-state index in [9.17, 15) is 4.79 Å². The van der Waals surface area contributed by atoms with Crippen LogP contribution in [-0.2, 0) is 16.0 Å². The minimum absolute atomic E-state index is 0.116. The zero-order valence-electron chi connectivity index (χ0n) is 14.7. The van der Waals surface area contributed by atoms with Crippen LogP contribution in [0.25, 0.3) is 5.57 Å². The van der Waals surface area contributed by atoms with Crippen molar-refractivity contribution >= 4 is 11.5 Å². The largest absolute Gasteiger partial charge is 0.466 e. The number of carbonyl (C=O) groups excluding carboxylic acids is 1. The maximum absolute atomic E-state index is 11.7. The monoisotopic (exact) mass is 332 g/mol. The number of hydrogen-bond donors (Lipinski definition) is 0. The van der Waals surface area contributed by atoms with Crippen molar-refractivity contribution in [3.05, 3.63) is 89.5 Å². The van der Waals surface area contributed by atoms with Gasteiger partial charge >= 0.3 is 5.97 Å². The van der Waals surface area contributed by atoms with Gasteiger partial charge in [-0.2, -0.15) is 0 Å². The zero-order valence-corrected chi connectivity index (χ0v) is 14.7. The average molecular weight is 332 g/mol. The SMILES string of the molecule is CCOC(=O)CCC1=CC=C(c2ccccc2)C1Cc1ccccc1. The van der Waals surface area contributed by atoms with E-state index in [1.165, 1.54) is 22.3 Å². The molecule has 0 fully saturated rings. The van der Waals surface area contributed by atoms with Crippen LogP contribution in [-0.4, -0.2) is 12.6 Å². The van der Waals surface area contributed by atoms with E-state index in [0.717, 1.165) is 12.8 Å². The lowest BCUT2D eigenvalue weighted by atomic mass is 9.84. The molecule has 1 aliphatic carbocycles. The van der Waals surface area contributed by atoms with Gasteiger partial charge in [-0.25, -0.2) is 0 Å². The zero-order chi connectivity index (χ0) is 17.5. The molecule has 2 heteroatoms. The van der Waals surface area contributed by atoms with E-state index in [2.05, 4.69) is 60.7 Å². The fourth-order valence-corrected chi connectivity index (χ4v) is 3.38. The van der Waals surface area contributed by atoms with Gasteiger partial charge in [0.1, 0.15) is 0 Å². The number of benzene rings is 2. The molecule has 0 N–H and O–H groups in total. The second-order valence-corrected chi connectivity index (χ2v) is 6.28. The van der Waals surface area contributed by atoms with Crippen LogP contribution >= 0.6 is 0 Å². The van der Waals surface area contributed by atoms with E-state index in [4.69, 9.17) is 4.74 Å². The van der Waals surface area contributed by atoms with Crippen LogP contribution in [0.15, 0.2) is 78.4 Å². The molecular weight excluding hydrogens is 308 g/mol. The molecule has 1 aliphatic rings. The second kappa shape index (κ2) is 8.48. The molecule has 0 saturated carbocycles. The summed E-state index contributed by atoms with van der Waals surface area (Å²) in [6.45, 7) is 2.29. The molecule has 0 aromatic heterocycles. The Kier molecular flexibility index (Phi) is 5.84. The Morgan fingerprint density at radius 3 is 2.32 bits per heavy atom. The molecule has 0 aliphatic heterocycles. The minimum Gasteiger partial charge on any atom is -0.466 e. The highest BCUT2D eigenvalue weighted by Crippen LogP contribution is 2.38. The van der Waals surface area contributed by atoms with Crippen molar-refractivity contribution in [1.82, 2.24) is 0 Å². The fraction of sp³-hybridized carbons (Fsp3) is 0.261. The molecule has 25 heavy (non-hydrogen) atoms. The molecule has 2 nitrogen and oxygen atoms in total. The van der Waals surface area contributed by atoms with E-state index in [1.807, 2.05) is 19.1 Å². The van der Waals surface area contributed by atoms with Crippen LogP contribution in [0.4, 0.5) is 0 Å². The van der Waals surface area contributed by atoms with Crippen molar-refractivity contribution in [3.8, 4) is 0 Å². The predicted molar refractivity (Wildman–Crippen MR) is 102 cm³/mol. The van der Waals surface area contributed by atoms with Crippen LogP contribution in [0.1, 0.15) is 30.9 Å². The Morgan fingerprint density at radius 2 is 1.64 bits per heavy atom. The molecule has 0 bridgehead atoms. The fourth-order valence-electron chi connectivity index (χ4n) is 3.38. The number of rotatable bonds is 7. The predicted octanol–water partition coefficient (Wildman–Crippen LogP) is 5.21. The highest BCUT2D eigenvalue weighted by Gasteiger charge is 2.24. The van der Waals surface area contributed by atoms with Gasteiger partial charge in [0, 0.05) is 12.3 Å². The van der Waals surface area contributed by atoms with Crippen molar-refractivity contribution in [2.24, 2.45) is 5.92 Å². The van der Waals surface area contributed by atoms with Gasteiger partial charge in [-0.05, 0) is 36.5 Å². The molecule has 2 aromatic rings. The average Bonchev–Trinajstić information content (AvgIpc) is 3.04. The summed E-state index contributed by atoms with van der Waals surface area (Å²) in [6.07, 6.45) is 6.55. The topological polar surface area (TPSA) is 26.3 Å². The van der Waals surface area contributed by atoms with E-state index in [0.29, 0.717) is 18.9 Å². The molecular formula is C23H24O2. The van der Waals surface area contributed by atoms with Gasteiger partial charge in [-0.1, -0.05) is 78.4 Å². The van der Waals surface area contributed by atoms with Crippen molar-refractivity contribution in [1.29, 1.82) is 0 Å². The number of carbonyl (C=O) groups is 1. The van der Waals surface area contributed by atoms with Crippen molar-refractivity contribution in [2.45, 2.75) is 26.2 Å². The molecule has 2 aromatic carbocycles. The molecule has 1 unspecified atom stereocenters. The molecule has 1 atom stereocenters. The number of hydrogen-bond acceptors (Lipinski definition) is 2. The van der Waals surface area contributed by atoms with Crippen LogP contribution < -0.4 is 0 Å². The number of allylic oxidation sites excluding steroid dienone is 4. The Hall–Kier alpha value is -2.61. The van der Waals surface area contributed by atoms with Gasteiger partial charge in [0.2, 0.25) is 0 Å². The van der Waals surface area contributed by atoms with Gasteiger partial charge in [-0.3, -0.25) is 4.79 Å². The summed E-state index contributed by atoms with van der Waals surface area (Å²) in [5.41, 5.74) is 5.23. The van der Waals surface area contributed by atoms with Crippen molar-refractivity contribution in [3.63, 3.8) is 0 Å². The van der Waals surface area contributed by atoms with Gasteiger partial charge in [0.05, 0.1) is 6.61 Å². The molecule has 0 radical (unpaired) electrons. The highest BCUT2D eigenvalue weighted by atomic mass is 16.5. The number of esters is 1. The standard InChI is InChI=1S/C23H24O2/c1-2-25-23(24)16-14-20-13-15-21(19-11-7-4-8-12-19)22(20)17-18-9-5-3-6-10-18/h3-13,15,22H,2,14,16-17H2,1H3. The lowest BCUT2D eigenvalue weighted by Crippen LogP contribution is -2.10. The summed E-state index contributed by atoms with van der Waals surface area (Å²) in [6, 6.07) is 21.1. The first-order chi connectivity index (χ1) is 12.3. The maximum Gasteiger partial charge on any atom is 0.306 e. The summed E-state index contributed by atoms with van der Waals surface area (Å²) < 4.78 is 5.08. The summed E-state index contributed by atoms with van der Waals surface area (Å²) in [5, 5.41) is 0. The third-order valence-corrected chi connectivity index (χ3v) is 4.61. The van der Waals surface area contributed by atoms with E-state index in [1.54, 1.807) is 0 Å². The Bertz CT molecular complexity index is 757. The first kappa shape index (κ1) is 17.2. The van der Waals surface area contributed by atoms with E-state index < -0.39 is 0 Å². The smallest absolute Gasteiger partial charge is 0.306 e. The summed E-state index contributed by atoms with van der Waals surface area (Å²) in [7, 11) is 0. The summed E-state index contributed by atoms with van der Waals surface area (Å²) >= 11 is 0. The summed E-state index contributed by atoms with van der Waals surface area (Å²) in [4.78, 5) is 11.7. The van der Waals surface area contributed by atoms with Gasteiger partial charge in [0.15, 0.2) is 0 Å². The van der Waals surface area contributed by atoms with Gasteiger partial charge in [0.25, 0.3) is 0 Å². The van der Waals surface area contributed by atoms with Crippen LogP contribution in [0.3, 0.4) is 0 Å². The third kappa shape index (κ3) is 4.48. The maximum atomic E-state index is 11.7. The molecule has 128 valence electrons. The highest BCUT2D eigenvalue weighted by molar-refractivity contribution is 5.76. The van der Waals surface area contributed by atoms with Crippen LogP contribution in [0.5, 0.6) is 0 Å². The summed E-state index contributed by atoms with van der Waals surface area (Å²) in [5.74, 6) is 0.203. The van der Waals surface area contributed by atoms with Crippen molar-refractivity contribution in [2.75, 3.05) is 6.61 Å². The van der Waals surface area contributed by atoms with E-state index in [-0.39, 0.29) is 5.97 Å². The van der Waals surface area contributed by atoms with Gasteiger partial charge in [-0.15, -0.1) is 0 Å². The van der Waals surface area contributed by atoms with Crippen LogP contribution in [0, 0.1) is 5.92 Å². The van der Waals surface area contributed by atoms with Crippen LogP contribution in [0.2, 0.25) is 0 Å². The first-order valence-electron chi connectivity index (χ1n) is 8.93. The third-order valence-electron chi connectivity index (χ3n) is 4.61. The molecule has 0 amide bonds. The van der Waals surface area contributed by atoms with E-state index >= 15 is 0 Å². The molecule has 0 heterocycles.